The van der Waals surface area contributed by atoms with Crippen LogP contribution in [0.3, 0.4) is 0 Å². The van der Waals surface area contributed by atoms with Crippen LogP contribution in [0, 0.1) is 17.3 Å². The molecule has 0 unspecified atom stereocenters. The third-order valence-electron chi connectivity index (χ3n) is 3.53. The van der Waals surface area contributed by atoms with Crippen LogP contribution in [0.4, 0.5) is 0 Å². The topological polar surface area (TPSA) is 55.8 Å². The predicted octanol–water partition coefficient (Wildman–Crippen LogP) is 2.26. The molecule has 0 radical (unpaired) electrons. The van der Waals surface area contributed by atoms with Gasteiger partial charge in [-0.25, -0.2) is 4.89 Å². The summed E-state index contributed by atoms with van der Waals surface area (Å²) in [5.74, 6) is 0.0813. The van der Waals surface area contributed by atoms with E-state index in [1.54, 1.807) is 0 Å². The van der Waals surface area contributed by atoms with E-state index < -0.39 is 0 Å². The van der Waals surface area contributed by atoms with Crippen LogP contribution in [0.15, 0.2) is 12.2 Å². The zero-order valence-electron chi connectivity index (χ0n) is 10.3. The minimum Gasteiger partial charge on any atom is -0.466 e. The van der Waals surface area contributed by atoms with Gasteiger partial charge in [0, 0.05) is 18.8 Å². The fraction of sp³-hybridized carbons (Fsp3) is 0.750. The molecule has 1 aliphatic rings. The van der Waals surface area contributed by atoms with Gasteiger partial charge in [-0.3, -0.25) is 10.1 Å². The molecule has 3 atom stereocenters. The average molecular weight is 228 g/mol. The maximum Gasteiger partial charge on any atom is 0.302 e. The highest BCUT2D eigenvalue weighted by Crippen LogP contribution is 2.61. The molecule has 1 N–H and O–H groups in total. The molecule has 92 valence electrons. The van der Waals surface area contributed by atoms with Gasteiger partial charge in [-0.2, -0.15) is 0 Å². The monoisotopic (exact) mass is 228 g/mol. The van der Waals surface area contributed by atoms with Gasteiger partial charge in [-0.15, -0.1) is 0 Å². The van der Waals surface area contributed by atoms with Crippen molar-refractivity contribution in [1.82, 2.24) is 0 Å². The smallest absolute Gasteiger partial charge is 0.302 e. The van der Waals surface area contributed by atoms with Crippen molar-refractivity contribution >= 4 is 5.97 Å². The van der Waals surface area contributed by atoms with E-state index in [0.717, 1.165) is 5.57 Å². The minimum atomic E-state index is -0.379. The van der Waals surface area contributed by atoms with Crippen LogP contribution in [0.25, 0.3) is 0 Å². The SMILES string of the molecule is C=C(C)[C@H](OO)[C@H]1[C@@H](COC(C)=O)C1(C)C. The van der Waals surface area contributed by atoms with Gasteiger partial charge in [0.2, 0.25) is 0 Å². The lowest BCUT2D eigenvalue weighted by molar-refractivity contribution is -0.275. The van der Waals surface area contributed by atoms with Gasteiger partial charge in [0.1, 0.15) is 6.10 Å². The molecule has 4 nitrogen and oxygen atoms in total. The zero-order chi connectivity index (χ0) is 12.5. The molecule has 0 saturated heterocycles. The zero-order valence-corrected chi connectivity index (χ0v) is 10.3. The Kier molecular flexibility index (Phi) is 3.76. The molecule has 0 bridgehead atoms. The Morgan fingerprint density at radius 2 is 2.06 bits per heavy atom. The van der Waals surface area contributed by atoms with Crippen molar-refractivity contribution in [3.05, 3.63) is 12.2 Å². The van der Waals surface area contributed by atoms with Gasteiger partial charge in [0.25, 0.3) is 0 Å². The number of carbonyl (C=O) groups is 1. The third kappa shape index (κ3) is 2.44. The second-order valence-corrected chi connectivity index (χ2v) is 5.13. The number of hydrogen-bond acceptors (Lipinski definition) is 4. The first-order chi connectivity index (χ1) is 7.32. The van der Waals surface area contributed by atoms with Crippen LogP contribution in [-0.4, -0.2) is 23.9 Å². The largest absolute Gasteiger partial charge is 0.466 e. The molecule has 1 rings (SSSR count). The summed E-state index contributed by atoms with van der Waals surface area (Å²) >= 11 is 0. The molecule has 0 aromatic rings. The molecule has 4 heteroatoms. The summed E-state index contributed by atoms with van der Waals surface area (Å²) in [4.78, 5) is 15.2. The van der Waals surface area contributed by atoms with E-state index in [1.165, 1.54) is 6.92 Å². The molecule has 1 aliphatic carbocycles. The summed E-state index contributed by atoms with van der Waals surface area (Å²) in [5.41, 5.74) is 0.785. The van der Waals surface area contributed by atoms with Gasteiger partial charge >= 0.3 is 5.97 Å². The van der Waals surface area contributed by atoms with Crippen LogP contribution in [0.5, 0.6) is 0 Å². The number of ether oxygens (including phenoxy) is 1. The van der Waals surface area contributed by atoms with Crippen molar-refractivity contribution in [2.75, 3.05) is 6.61 Å². The van der Waals surface area contributed by atoms with Crippen molar-refractivity contribution in [2.24, 2.45) is 17.3 Å². The molecule has 0 aromatic carbocycles. The highest BCUT2D eigenvalue weighted by Gasteiger charge is 2.62. The highest BCUT2D eigenvalue weighted by atomic mass is 17.1. The molecule has 0 aliphatic heterocycles. The van der Waals surface area contributed by atoms with Gasteiger partial charge in [0.05, 0.1) is 6.61 Å². The second kappa shape index (κ2) is 4.55. The van der Waals surface area contributed by atoms with Crippen molar-refractivity contribution in [1.29, 1.82) is 0 Å². The first-order valence-corrected chi connectivity index (χ1v) is 5.41. The number of hydrogen-bond donors (Lipinski definition) is 1. The molecular weight excluding hydrogens is 208 g/mol. The Labute approximate surface area is 96.2 Å². The normalized spacial score (nSPS) is 28.3. The lowest BCUT2D eigenvalue weighted by atomic mass is 10.0. The fourth-order valence-electron chi connectivity index (χ4n) is 2.38. The van der Waals surface area contributed by atoms with Crippen LogP contribution in [-0.2, 0) is 14.4 Å². The summed E-state index contributed by atoms with van der Waals surface area (Å²) in [6, 6.07) is 0. The van der Waals surface area contributed by atoms with Crippen molar-refractivity contribution in [3.63, 3.8) is 0 Å². The standard InChI is InChI=1S/C12H20O4/c1-7(2)11(16-14)10-9(12(10,4)5)6-15-8(3)13/h9-11,14H,1,6H2,2-5H3/t9-,10-,11+/m1/s1. The van der Waals surface area contributed by atoms with Crippen LogP contribution >= 0.6 is 0 Å². The molecule has 16 heavy (non-hydrogen) atoms. The van der Waals surface area contributed by atoms with Crippen LogP contribution < -0.4 is 0 Å². The maximum atomic E-state index is 10.7. The highest BCUT2D eigenvalue weighted by molar-refractivity contribution is 5.65. The maximum absolute atomic E-state index is 10.7. The van der Waals surface area contributed by atoms with Gasteiger partial charge in [-0.05, 0) is 17.9 Å². The lowest BCUT2D eigenvalue weighted by Gasteiger charge is -2.14. The summed E-state index contributed by atoms with van der Waals surface area (Å²) in [7, 11) is 0. The molecule has 0 aromatic heterocycles. The summed E-state index contributed by atoms with van der Waals surface area (Å²) in [6.45, 7) is 11.5. The van der Waals surface area contributed by atoms with E-state index in [-0.39, 0.29) is 29.3 Å². The van der Waals surface area contributed by atoms with Crippen molar-refractivity contribution < 1.29 is 19.7 Å². The number of carbonyl (C=O) groups excluding carboxylic acids is 1. The van der Waals surface area contributed by atoms with Crippen LogP contribution in [0.1, 0.15) is 27.7 Å². The fourth-order valence-corrected chi connectivity index (χ4v) is 2.38. The Bertz CT molecular complexity index is 295. The molecule has 1 saturated carbocycles. The van der Waals surface area contributed by atoms with E-state index in [0.29, 0.717) is 6.61 Å². The minimum absolute atomic E-state index is 0.00178. The van der Waals surface area contributed by atoms with E-state index >= 15 is 0 Å². The van der Waals surface area contributed by atoms with E-state index in [9.17, 15) is 4.79 Å². The number of rotatable bonds is 5. The van der Waals surface area contributed by atoms with E-state index in [1.807, 2.05) is 6.92 Å². The first-order valence-electron chi connectivity index (χ1n) is 5.41. The second-order valence-electron chi connectivity index (χ2n) is 5.13. The van der Waals surface area contributed by atoms with Gasteiger partial charge < -0.3 is 4.74 Å². The third-order valence-corrected chi connectivity index (χ3v) is 3.53. The van der Waals surface area contributed by atoms with Crippen molar-refractivity contribution in [2.45, 2.75) is 33.8 Å². The molecule has 0 amide bonds. The molecule has 0 heterocycles. The number of esters is 1. The van der Waals surface area contributed by atoms with Crippen molar-refractivity contribution in [3.8, 4) is 0 Å². The summed E-state index contributed by atoms with van der Waals surface area (Å²) in [5, 5.41) is 8.87. The average Bonchev–Trinajstić information content (AvgIpc) is 2.66. The van der Waals surface area contributed by atoms with E-state index in [4.69, 9.17) is 9.99 Å². The Balaban J connectivity index is 2.62. The Hall–Kier alpha value is -0.870. The Morgan fingerprint density at radius 3 is 2.44 bits per heavy atom. The van der Waals surface area contributed by atoms with Gasteiger partial charge in [0.15, 0.2) is 0 Å². The van der Waals surface area contributed by atoms with E-state index in [2.05, 4.69) is 25.3 Å². The van der Waals surface area contributed by atoms with Gasteiger partial charge in [-0.1, -0.05) is 20.4 Å². The van der Waals surface area contributed by atoms with Crippen LogP contribution in [0.2, 0.25) is 0 Å². The summed E-state index contributed by atoms with van der Waals surface area (Å²) < 4.78 is 5.00. The quantitative estimate of drug-likeness (QED) is 0.339. The summed E-state index contributed by atoms with van der Waals surface area (Å²) in [6.07, 6.45) is -0.379. The lowest BCUT2D eigenvalue weighted by Crippen LogP contribution is -2.18. The molecule has 0 spiro atoms. The molecular formula is C12H20O4. The predicted molar refractivity (Wildman–Crippen MR) is 59.7 cm³/mol. The molecule has 1 fully saturated rings. The Morgan fingerprint density at radius 1 is 1.50 bits per heavy atom. The first kappa shape index (κ1) is 13.2.